The highest BCUT2D eigenvalue weighted by Crippen LogP contribution is 2.21. The van der Waals surface area contributed by atoms with Crippen LogP contribution in [0, 0.1) is 0 Å². The van der Waals surface area contributed by atoms with Crippen LogP contribution in [0.15, 0.2) is 22.7 Å². The number of halogens is 1. The first-order valence-electron chi connectivity index (χ1n) is 5.90. The van der Waals surface area contributed by atoms with Crippen molar-refractivity contribution in [2.45, 2.75) is 13.3 Å². The minimum Gasteiger partial charge on any atom is -0.468 e. The monoisotopic (exact) mass is 328 g/mol. The van der Waals surface area contributed by atoms with Crippen LogP contribution in [0.4, 0.5) is 5.69 Å². The predicted octanol–water partition coefficient (Wildman–Crippen LogP) is 2.06. The molecule has 0 heterocycles. The Morgan fingerprint density at radius 1 is 1.42 bits per heavy atom. The quantitative estimate of drug-likeness (QED) is 0.663. The standard InChI is InChI=1S/C13H17BrN2O3/c1-3-6-16(8-12(17)19-2)13(18)10-7-9(15)4-5-11(10)14/h4-5,7H,3,6,8,15H2,1-2H3. The average molecular weight is 329 g/mol. The largest absolute Gasteiger partial charge is 0.468 e. The summed E-state index contributed by atoms with van der Waals surface area (Å²) >= 11 is 3.31. The summed E-state index contributed by atoms with van der Waals surface area (Å²) in [6.07, 6.45) is 0.753. The molecular formula is C13H17BrN2O3. The fourth-order valence-electron chi connectivity index (χ4n) is 1.62. The summed E-state index contributed by atoms with van der Waals surface area (Å²) in [6, 6.07) is 5.00. The van der Waals surface area contributed by atoms with E-state index in [1.54, 1.807) is 18.2 Å². The maximum Gasteiger partial charge on any atom is 0.325 e. The summed E-state index contributed by atoms with van der Waals surface area (Å²) in [7, 11) is 1.30. The zero-order valence-corrected chi connectivity index (χ0v) is 12.6. The fraction of sp³-hybridized carbons (Fsp3) is 0.385. The number of methoxy groups -OCH3 is 1. The molecule has 6 heteroatoms. The molecule has 0 aliphatic heterocycles. The SMILES string of the molecule is CCCN(CC(=O)OC)C(=O)c1cc(N)ccc1Br. The van der Waals surface area contributed by atoms with E-state index in [4.69, 9.17) is 5.73 Å². The molecule has 1 rings (SSSR count). The molecule has 5 nitrogen and oxygen atoms in total. The molecule has 0 atom stereocenters. The van der Waals surface area contributed by atoms with Gasteiger partial charge in [0.1, 0.15) is 6.54 Å². The fourth-order valence-corrected chi connectivity index (χ4v) is 2.04. The second-order valence-corrected chi connectivity index (χ2v) is 4.90. The van der Waals surface area contributed by atoms with Crippen LogP contribution in [0.25, 0.3) is 0 Å². The first kappa shape index (κ1) is 15.5. The van der Waals surface area contributed by atoms with Crippen molar-refractivity contribution >= 4 is 33.5 Å². The number of esters is 1. The third-order valence-corrected chi connectivity index (χ3v) is 3.24. The number of amides is 1. The average Bonchev–Trinajstić information content (AvgIpc) is 2.40. The first-order valence-corrected chi connectivity index (χ1v) is 6.70. The van der Waals surface area contributed by atoms with E-state index in [0.717, 1.165) is 6.42 Å². The van der Waals surface area contributed by atoms with E-state index in [2.05, 4.69) is 20.7 Å². The minimum atomic E-state index is -0.443. The second kappa shape index (κ2) is 7.13. The van der Waals surface area contributed by atoms with Crippen molar-refractivity contribution in [3.8, 4) is 0 Å². The molecule has 1 aromatic rings. The molecule has 0 fully saturated rings. The smallest absolute Gasteiger partial charge is 0.325 e. The van der Waals surface area contributed by atoms with Gasteiger partial charge in [-0.25, -0.2) is 0 Å². The van der Waals surface area contributed by atoms with Gasteiger partial charge in [-0.3, -0.25) is 9.59 Å². The van der Waals surface area contributed by atoms with Crippen LogP contribution in [0.2, 0.25) is 0 Å². The second-order valence-electron chi connectivity index (χ2n) is 4.04. The van der Waals surface area contributed by atoms with Gasteiger partial charge in [0.25, 0.3) is 5.91 Å². The van der Waals surface area contributed by atoms with E-state index in [0.29, 0.717) is 22.3 Å². The number of nitrogens with two attached hydrogens (primary N) is 1. The van der Waals surface area contributed by atoms with Crippen LogP contribution in [-0.4, -0.2) is 37.0 Å². The van der Waals surface area contributed by atoms with Gasteiger partial charge in [0.05, 0.1) is 12.7 Å². The Kier molecular flexibility index (Phi) is 5.82. The lowest BCUT2D eigenvalue weighted by atomic mass is 10.1. The normalized spacial score (nSPS) is 10.1. The molecular weight excluding hydrogens is 312 g/mol. The Morgan fingerprint density at radius 2 is 2.11 bits per heavy atom. The number of hydrogen-bond acceptors (Lipinski definition) is 4. The number of benzene rings is 1. The number of anilines is 1. The number of nitrogens with zero attached hydrogens (tertiary/aromatic N) is 1. The highest BCUT2D eigenvalue weighted by molar-refractivity contribution is 9.10. The van der Waals surface area contributed by atoms with Gasteiger partial charge >= 0.3 is 5.97 Å². The third-order valence-electron chi connectivity index (χ3n) is 2.55. The van der Waals surface area contributed by atoms with Gasteiger partial charge in [-0.1, -0.05) is 6.92 Å². The van der Waals surface area contributed by atoms with Crippen LogP contribution >= 0.6 is 15.9 Å². The van der Waals surface area contributed by atoms with Crippen LogP contribution in [-0.2, 0) is 9.53 Å². The summed E-state index contributed by atoms with van der Waals surface area (Å²) in [6.45, 7) is 2.35. The van der Waals surface area contributed by atoms with E-state index in [-0.39, 0.29) is 12.5 Å². The molecule has 0 saturated heterocycles. The van der Waals surface area contributed by atoms with Crippen LogP contribution < -0.4 is 5.73 Å². The Morgan fingerprint density at radius 3 is 2.68 bits per heavy atom. The summed E-state index contributed by atoms with van der Waals surface area (Å²) in [5.74, 6) is -0.687. The third kappa shape index (κ3) is 4.24. The van der Waals surface area contributed by atoms with E-state index in [9.17, 15) is 9.59 Å². The van der Waals surface area contributed by atoms with Gasteiger partial charge in [0.2, 0.25) is 0 Å². The molecule has 0 aromatic heterocycles. The van der Waals surface area contributed by atoms with Crippen molar-refractivity contribution in [3.63, 3.8) is 0 Å². The van der Waals surface area contributed by atoms with Crippen molar-refractivity contribution < 1.29 is 14.3 Å². The van der Waals surface area contributed by atoms with Crippen LogP contribution in [0.3, 0.4) is 0 Å². The number of carbonyl (C=O) groups excluding carboxylic acids is 2. The number of hydrogen-bond donors (Lipinski definition) is 1. The van der Waals surface area contributed by atoms with Crippen molar-refractivity contribution in [1.82, 2.24) is 4.90 Å². The van der Waals surface area contributed by atoms with Gasteiger partial charge < -0.3 is 15.4 Å². The number of nitrogen functional groups attached to an aromatic ring is 1. The molecule has 0 spiro atoms. The lowest BCUT2D eigenvalue weighted by Gasteiger charge is -2.21. The first-order chi connectivity index (χ1) is 8.99. The molecule has 0 unspecified atom stereocenters. The van der Waals surface area contributed by atoms with Crippen molar-refractivity contribution in [2.75, 3.05) is 25.9 Å². The zero-order chi connectivity index (χ0) is 14.4. The molecule has 0 saturated carbocycles. The molecule has 0 radical (unpaired) electrons. The summed E-state index contributed by atoms with van der Waals surface area (Å²) < 4.78 is 5.25. The van der Waals surface area contributed by atoms with Gasteiger partial charge in [-0.15, -0.1) is 0 Å². The maximum absolute atomic E-state index is 12.4. The Balaban J connectivity index is 2.98. The van der Waals surface area contributed by atoms with Gasteiger partial charge in [0, 0.05) is 16.7 Å². The summed E-state index contributed by atoms with van der Waals surface area (Å²) in [5.41, 5.74) is 6.63. The molecule has 1 aromatic carbocycles. The minimum absolute atomic E-state index is 0.0651. The molecule has 0 bridgehead atoms. The van der Waals surface area contributed by atoms with Crippen LogP contribution in [0.1, 0.15) is 23.7 Å². The molecule has 0 aliphatic carbocycles. The molecule has 19 heavy (non-hydrogen) atoms. The Bertz CT molecular complexity index is 477. The van der Waals surface area contributed by atoms with Crippen molar-refractivity contribution in [3.05, 3.63) is 28.2 Å². The number of ether oxygens (including phenoxy) is 1. The Hall–Kier alpha value is -1.56. The Labute approximate surface area is 120 Å². The zero-order valence-electron chi connectivity index (χ0n) is 11.0. The maximum atomic E-state index is 12.4. The number of carbonyl (C=O) groups is 2. The van der Waals surface area contributed by atoms with Crippen LogP contribution in [0.5, 0.6) is 0 Å². The summed E-state index contributed by atoms with van der Waals surface area (Å²) in [4.78, 5) is 25.2. The highest BCUT2D eigenvalue weighted by atomic mass is 79.9. The van der Waals surface area contributed by atoms with E-state index in [1.807, 2.05) is 6.92 Å². The molecule has 1 amide bonds. The lowest BCUT2D eigenvalue weighted by molar-refractivity contribution is -0.141. The van der Waals surface area contributed by atoms with E-state index < -0.39 is 5.97 Å². The van der Waals surface area contributed by atoms with Gasteiger partial charge in [-0.2, -0.15) is 0 Å². The van der Waals surface area contributed by atoms with Gasteiger partial charge in [0.15, 0.2) is 0 Å². The summed E-state index contributed by atoms with van der Waals surface area (Å²) in [5, 5.41) is 0. The molecule has 2 N–H and O–H groups in total. The predicted molar refractivity (Wildman–Crippen MR) is 76.8 cm³/mol. The molecule has 104 valence electrons. The highest BCUT2D eigenvalue weighted by Gasteiger charge is 2.20. The van der Waals surface area contributed by atoms with Crippen molar-refractivity contribution in [1.29, 1.82) is 0 Å². The van der Waals surface area contributed by atoms with Crippen molar-refractivity contribution in [2.24, 2.45) is 0 Å². The number of rotatable bonds is 5. The van der Waals surface area contributed by atoms with E-state index in [1.165, 1.54) is 12.0 Å². The lowest BCUT2D eigenvalue weighted by Crippen LogP contribution is -2.37. The molecule has 0 aliphatic rings. The topological polar surface area (TPSA) is 72.6 Å². The van der Waals surface area contributed by atoms with E-state index >= 15 is 0 Å². The van der Waals surface area contributed by atoms with Gasteiger partial charge in [-0.05, 0) is 40.5 Å².